The van der Waals surface area contributed by atoms with Crippen LogP contribution in [0.25, 0.3) is 0 Å². The zero-order valence-electron chi connectivity index (χ0n) is 9.63. The van der Waals surface area contributed by atoms with E-state index in [1.807, 2.05) is 17.5 Å². The quantitative estimate of drug-likeness (QED) is 0.874. The lowest BCUT2D eigenvalue weighted by Gasteiger charge is -2.34. The fourth-order valence-corrected chi connectivity index (χ4v) is 2.85. The van der Waals surface area contributed by atoms with Crippen LogP contribution in [-0.2, 0) is 4.74 Å². The van der Waals surface area contributed by atoms with E-state index in [-0.39, 0.29) is 6.10 Å². The van der Waals surface area contributed by atoms with Gasteiger partial charge < -0.3 is 9.84 Å². The molecule has 0 saturated carbocycles. The maximum absolute atomic E-state index is 10.2. The Morgan fingerprint density at radius 3 is 3.25 bits per heavy atom. The van der Waals surface area contributed by atoms with Crippen LogP contribution in [0.4, 0.5) is 0 Å². The maximum atomic E-state index is 10.2. The molecule has 1 N–H and O–H groups in total. The van der Waals surface area contributed by atoms with Crippen molar-refractivity contribution in [2.75, 3.05) is 26.2 Å². The molecule has 0 spiro atoms. The van der Waals surface area contributed by atoms with Crippen LogP contribution in [0.3, 0.4) is 0 Å². The Hall–Kier alpha value is -0.420. The summed E-state index contributed by atoms with van der Waals surface area (Å²) < 4.78 is 5.66. The van der Waals surface area contributed by atoms with Gasteiger partial charge in [-0.2, -0.15) is 0 Å². The fraction of sp³-hybridized carbons (Fsp3) is 0.667. The van der Waals surface area contributed by atoms with Crippen LogP contribution in [-0.4, -0.2) is 42.4 Å². The second-order valence-electron chi connectivity index (χ2n) is 4.17. The number of aliphatic hydroxyl groups excluding tert-OH is 1. The molecule has 0 bridgehead atoms. The summed E-state index contributed by atoms with van der Waals surface area (Å²) in [6.45, 7) is 5.83. The number of nitrogens with zero attached hydrogens (tertiary/aromatic N) is 1. The summed E-state index contributed by atoms with van der Waals surface area (Å²) in [5.41, 5.74) is 0. The average molecular weight is 241 g/mol. The standard InChI is InChI=1S/C12H19NO2S/c1-2-5-13-6-7-15-10(9-13)12(14)11-4-3-8-16-11/h3-4,8,10,12,14H,2,5-7,9H2,1H3. The summed E-state index contributed by atoms with van der Waals surface area (Å²) in [6, 6.07) is 3.94. The van der Waals surface area contributed by atoms with E-state index in [2.05, 4.69) is 11.8 Å². The van der Waals surface area contributed by atoms with E-state index in [1.165, 1.54) is 0 Å². The summed E-state index contributed by atoms with van der Waals surface area (Å²) in [4.78, 5) is 3.37. The van der Waals surface area contributed by atoms with Crippen molar-refractivity contribution in [1.29, 1.82) is 0 Å². The Morgan fingerprint density at radius 1 is 1.69 bits per heavy atom. The van der Waals surface area contributed by atoms with Gasteiger partial charge in [0.25, 0.3) is 0 Å². The Morgan fingerprint density at radius 2 is 2.56 bits per heavy atom. The van der Waals surface area contributed by atoms with Gasteiger partial charge in [-0.05, 0) is 24.4 Å². The molecule has 1 aliphatic heterocycles. The molecule has 1 aromatic rings. The van der Waals surface area contributed by atoms with Gasteiger partial charge in [0.2, 0.25) is 0 Å². The molecular formula is C12H19NO2S. The third-order valence-electron chi connectivity index (χ3n) is 2.90. The van der Waals surface area contributed by atoms with E-state index in [4.69, 9.17) is 4.74 Å². The van der Waals surface area contributed by atoms with Gasteiger partial charge in [0.05, 0.1) is 6.61 Å². The normalized spacial score (nSPS) is 24.5. The van der Waals surface area contributed by atoms with E-state index in [1.54, 1.807) is 11.3 Å². The Labute approximate surface area is 101 Å². The molecule has 2 rings (SSSR count). The van der Waals surface area contributed by atoms with Gasteiger partial charge >= 0.3 is 0 Å². The molecule has 90 valence electrons. The minimum Gasteiger partial charge on any atom is -0.385 e. The number of morpholine rings is 1. The van der Waals surface area contributed by atoms with Gasteiger partial charge in [0, 0.05) is 18.0 Å². The second kappa shape index (κ2) is 5.77. The molecular weight excluding hydrogens is 222 g/mol. The van der Waals surface area contributed by atoms with Crippen molar-refractivity contribution >= 4 is 11.3 Å². The highest BCUT2D eigenvalue weighted by atomic mass is 32.1. The molecule has 0 aromatic carbocycles. The van der Waals surface area contributed by atoms with Crippen molar-refractivity contribution in [2.45, 2.75) is 25.6 Å². The molecule has 1 aromatic heterocycles. The van der Waals surface area contributed by atoms with E-state index >= 15 is 0 Å². The van der Waals surface area contributed by atoms with Crippen molar-refractivity contribution < 1.29 is 9.84 Å². The van der Waals surface area contributed by atoms with Gasteiger partial charge in [-0.25, -0.2) is 0 Å². The van der Waals surface area contributed by atoms with Crippen molar-refractivity contribution in [3.8, 4) is 0 Å². The molecule has 2 atom stereocenters. The number of aliphatic hydroxyl groups is 1. The molecule has 0 amide bonds. The summed E-state index contributed by atoms with van der Waals surface area (Å²) in [5, 5.41) is 12.2. The SMILES string of the molecule is CCCN1CCOC(C(O)c2cccs2)C1. The lowest BCUT2D eigenvalue weighted by molar-refractivity contribution is -0.0888. The summed E-state index contributed by atoms with van der Waals surface area (Å²) in [5.74, 6) is 0. The lowest BCUT2D eigenvalue weighted by atomic mass is 10.1. The van der Waals surface area contributed by atoms with E-state index in [9.17, 15) is 5.11 Å². The second-order valence-corrected chi connectivity index (χ2v) is 5.15. The van der Waals surface area contributed by atoms with Crippen LogP contribution in [0.5, 0.6) is 0 Å². The van der Waals surface area contributed by atoms with E-state index in [0.717, 1.165) is 37.5 Å². The number of rotatable bonds is 4. The zero-order valence-corrected chi connectivity index (χ0v) is 10.4. The Kier molecular flexibility index (Phi) is 4.35. The van der Waals surface area contributed by atoms with Gasteiger partial charge in [-0.15, -0.1) is 11.3 Å². The Bertz CT molecular complexity index is 300. The average Bonchev–Trinajstić information content (AvgIpc) is 2.82. The third-order valence-corrected chi connectivity index (χ3v) is 3.85. The largest absolute Gasteiger partial charge is 0.385 e. The van der Waals surface area contributed by atoms with Crippen LogP contribution in [0.2, 0.25) is 0 Å². The number of thiophene rings is 1. The molecule has 1 aliphatic rings. The van der Waals surface area contributed by atoms with E-state index < -0.39 is 6.10 Å². The molecule has 0 radical (unpaired) electrons. The van der Waals surface area contributed by atoms with Crippen LogP contribution < -0.4 is 0 Å². The highest BCUT2D eigenvalue weighted by Crippen LogP contribution is 2.25. The number of hydrogen-bond donors (Lipinski definition) is 1. The molecule has 0 aliphatic carbocycles. The topological polar surface area (TPSA) is 32.7 Å². The van der Waals surface area contributed by atoms with Gasteiger partial charge in [0.15, 0.2) is 0 Å². The molecule has 3 nitrogen and oxygen atoms in total. The molecule has 1 fully saturated rings. The monoisotopic (exact) mass is 241 g/mol. The summed E-state index contributed by atoms with van der Waals surface area (Å²) in [7, 11) is 0. The van der Waals surface area contributed by atoms with Crippen LogP contribution >= 0.6 is 11.3 Å². The Balaban J connectivity index is 1.93. The van der Waals surface area contributed by atoms with Crippen LogP contribution in [0.1, 0.15) is 24.3 Å². The maximum Gasteiger partial charge on any atom is 0.115 e. The molecule has 1 saturated heterocycles. The highest BCUT2D eigenvalue weighted by Gasteiger charge is 2.27. The third kappa shape index (κ3) is 2.83. The fourth-order valence-electron chi connectivity index (χ4n) is 2.08. The smallest absolute Gasteiger partial charge is 0.115 e. The first-order valence-corrected chi connectivity index (χ1v) is 6.74. The lowest BCUT2D eigenvalue weighted by Crippen LogP contribution is -2.45. The predicted octanol–water partition coefficient (Wildman–Crippen LogP) is 1.89. The van der Waals surface area contributed by atoms with Gasteiger partial charge in [-0.3, -0.25) is 4.90 Å². The highest BCUT2D eigenvalue weighted by molar-refractivity contribution is 7.10. The van der Waals surface area contributed by atoms with Gasteiger partial charge in [-0.1, -0.05) is 13.0 Å². The first-order chi connectivity index (χ1) is 7.81. The summed E-state index contributed by atoms with van der Waals surface area (Å²) >= 11 is 1.59. The predicted molar refractivity (Wildman–Crippen MR) is 65.7 cm³/mol. The molecule has 2 heterocycles. The first kappa shape index (κ1) is 12.0. The van der Waals surface area contributed by atoms with Crippen molar-refractivity contribution in [1.82, 2.24) is 4.90 Å². The van der Waals surface area contributed by atoms with Crippen molar-refractivity contribution in [2.24, 2.45) is 0 Å². The number of ether oxygens (including phenoxy) is 1. The van der Waals surface area contributed by atoms with Crippen molar-refractivity contribution in [3.05, 3.63) is 22.4 Å². The van der Waals surface area contributed by atoms with Gasteiger partial charge in [0.1, 0.15) is 12.2 Å². The number of hydrogen-bond acceptors (Lipinski definition) is 4. The van der Waals surface area contributed by atoms with Crippen LogP contribution in [0, 0.1) is 0 Å². The van der Waals surface area contributed by atoms with Crippen LogP contribution in [0.15, 0.2) is 17.5 Å². The van der Waals surface area contributed by atoms with Crippen molar-refractivity contribution in [3.63, 3.8) is 0 Å². The molecule has 2 unspecified atom stereocenters. The molecule has 4 heteroatoms. The summed E-state index contributed by atoms with van der Waals surface area (Å²) in [6.07, 6.45) is 0.612. The first-order valence-electron chi connectivity index (χ1n) is 5.86. The van der Waals surface area contributed by atoms with E-state index in [0.29, 0.717) is 0 Å². The minimum atomic E-state index is -0.473. The minimum absolute atomic E-state index is 0.0704. The molecule has 16 heavy (non-hydrogen) atoms. The zero-order chi connectivity index (χ0) is 11.4.